The first-order valence-electron chi connectivity index (χ1n) is 8.64. The molecule has 2 aromatic carbocycles. The average Bonchev–Trinajstić information content (AvgIpc) is 3.19. The lowest BCUT2D eigenvalue weighted by atomic mass is 10.2. The van der Waals surface area contributed by atoms with Crippen molar-refractivity contribution in [2.45, 2.75) is 13.0 Å². The summed E-state index contributed by atoms with van der Waals surface area (Å²) in [6, 6.07) is 12.9. The molecule has 9 nitrogen and oxygen atoms in total. The number of rotatable bonds is 6. The predicted octanol–water partition coefficient (Wildman–Crippen LogP) is 1.59. The zero-order valence-electron chi connectivity index (χ0n) is 15.4. The minimum atomic E-state index is -1.09. The minimum Gasteiger partial charge on any atom is -0.454 e. The maximum Gasteiger partial charge on any atom is 0.326 e. The van der Waals surface area contributed by atoms with E-state index in [0.717, 1.165) is 0 Å². The van der Waals surface area contributed by atoms with Crippen molar-refractivity contribution in [3.05, 3.63) is 53.6 Å². The van der Waals surface area contributed by atoms with Gasteiger partial charge in [0.05, 0.1) is 11.6 Å². The van der Waals surface area contributed by atoms with Crippen molar-refractivity contribution in [3.8, 4) is 17.6 Å². The molecular weight excluding hydrogens is 378 g/mol. The van der Waals surface area contributed by atoms with E-state index in [1.54, 1.807) is 30.3 Å². The van der Waals surface area contributed by atoms with Crippen molar-refractivity contribution >= 4 is 23.5 Å². The Balaban J connectivity index is 1.47. The first-order valence-corrected chi connectivity index (χ1v) is 8.64. The van der Waals surface area contributed by atoms with E-state index in [4.69, 9.17) is 19.5 Å². The van der Waals surface area contributed by atoms with Gasteiger partial charge in [-0.3, -0.25) is 14.4 Å². The molecule has 2 aromatic rings. The summed E-state index contributed by atoms with van der Waals surface area (Å²) in [7, 11) is 0. The summed E-state index contributed by atoms with van der Waals surface area (Å²) < 4.78 is 15.4. The van der Waals surface area contributed by atoms with Crippen LogP contribution in [-0.2, 0) is 14.3 Å². The Labute approximate surface area is 166 Å². The molecule has 2 amide bonds. The Morgan fingerprint density at radius 1 is 1.17 bits per heavy atom. The monoisotopic (exact) mass is 395 g/mol. The zero-order chi connectivity index (χ0) is 20.8. The number of hydrogen-bond acceptors (Lipinski definition) is 7. The number of nitriles is 1. The van der Waals surface area contributed by atoms with E-state index in [0.29, 0.717) is 28.3 Å². The first kappa shape index (κ1) is 19.7. The fourth-order valence-corrected chi connectivity index (χ4v) is 2.50. The molecule has 0 saturated carbocycles. The fraction of sp³-hybridized carbons (Fsp3) is 0.200. The number of carbonyl (C=O) groups is 3. The van der Waals surface area contributed by atoms with Gasteiger partial charge in [-0.25, -0.2) is 0 Å². The van der Waals surface area contributed by atoms with E-state index in [-0.39, 0.29) is 6.79 Å². The summed E-state index contributed by atoms with van der Waals surface area (Å²) in [6.45, 7) is 1.09. The Morgan fingerprint density at radius 3 is 2.76 bits per heavy atom. The summed E-state index contributed by atoms with van der Waals surface area (Å²) in [5.41, 5.74) is 1.09. The van der Waals surface area contributed by atoms with Crippen molar-refractivity contribution in [2.75, 3.05) is 18.7 Å². The average molecular weight is 395 g/mol. The van der Waals surface area contributed by atoms with E-state index in [9.17, 15) is 14.4 Å². The lowest BCUT2D eigenvalue weighted by molar-refractivity contribution is -0.152. The van der Waals surface area contributed by atoms with Gasteiger partial charge in [0.15, 0.2) is 17.6 Å². The molecule has 9 heteroatoms. The van der Waals surface area contributed by atoms with Crippen molar-refractivity contribution in [3.63, 3.8) is 0 Å². The lowest BCUT2D eigenvalue weighted by Gasteiger charge is -2.14. The second-order valence-electron chi connectivity index (χ2n) is 6.06. The first-order chi connectivity index (χ1) is 14.0. The van der Waals surface area contributed by atoms with Gasteiger partial charge in [-0.05, 0) is 43.3 Å². The van der Waals surface area contributed by atoms with Crippen LogP contribution in [0.4, 0.5) is 5.69 Å². The number of anilines is 1. The van der Waals surface area contributed by atoms with Crippen LogP contribution >= 0.6 is 0 Å². The smallest absolute Gasteiger partial charge is 0.326 e. The Hall–Kier alpha value is -4.06. The summed E-state index contributed by atoms with van der Waals surface area (Å²) in [5, 5.41) is 13.9. The third kappa shape index (κ3) is 5.01. The predicted molar refractivity (Wildman–Crippen MR) is 100 cm³/mol. The molecule has 1 atom stereocenters. The fourth-order valence-electron chi connectivity index (χ4n) is 2.50. The molecule has 0 fully saturated rings. The molecule has 2 N–H and O–H groups in total. The summed E-state index contributed by atoms with van der Waals surface area (Å²) in [4.78, 5) is 36.2. The Morgan fingerprint density at radius 2 is 1.97 bits per heavy atom. The molecular formula is C20H17N3O6. The second kappa shape index (κ2) is 8.75. The molecule has 0 saturated heterocycles. The molecule has 0 bridgehead atoms. The number of carbonyl (C=O) groups excluding carboxylic acids is 3. The number of nitrogens with one attached hydrogen (secondary N) is 2. The maximum atomic E-state index is 12.1. The molecule has 0 aliphatic carbocycles. The van der Waals surface area contributed by atoms with Gasteiger partial charge in [-0.1, -0.05) is 6.07 Å². The molecule has 0 radical (unpaired) electrons. The van der Waals surface area contributed by atoms with E-state index in [1.807, 2.05) is 6.07 Å². The normalized spacial score (nSPS) is 12.4. The van der Waals surface area contributed by atoms with Crippen LogP contribution in [0.2, 0.25) is 0 Å². The Bertz CT molecular complexity index is 998. The topological polar surface area (TPSA) is 127 Å². The van der Waals surface area contributed by atoms with Crippen molar-refractivity contribution in [1.82, 2.24) is 5.32 Å². The van der Waals surface area contributed by atoms with Gasteiger partial charge in [-0.15, -0.1) is 0 Å². The highest BCUT2D eigenvalue weighted by molar-refractivity contribution is 5.97. The van der Waals surface area contributed by atoms with Crippen LogP contribution in [0.15, 0.2) is 42.5 Å². The molecule has 0 unspecified atom stereocenters. The summed E-state index contributed by atoms with van der Waals surface area (Å²) in [5.74, 6) is -0.833. The maximum absolute atomic E-state index is 12.1. The molecule has 1 aliphatic rings. The van der Waals surface area contributed by atoms with E-state index >= 15 is 0 Å². The quantitative estimate of drug-likeness (QED) is 0.711. The third-order valence-corrected chi connectivity index (χ3v) is 3.96. The summed E-state index contributed by atoms with van der Waals surface area (Å²) >= 11 is 0. The van der Waals surface area contributed by atoms with Gasteiger partial charge in [0.1, 0.15) is 6.54 Å². The number of fused-ring (bicyclic) bond motifs is 1. The molecule has 1 heterocycles. The van der Waals surface area contributed by atoms with E-state index in [1.165, 1.54) is 19.1 Å². The van der Waals surface area contributed by atoms with E-state index < -0.39 is 30.4 Å². The Kier molecular flexibility index (Phi) is 5.94. The van der Waals surface area contributed by atoms with Crippen molar-refractivity contribution < 1.29 is 28.6 Å². The standard InChI is InChI=1S/C20H17N3O6/c1-12(19(25)23-15-4-2-3-13(7-15)9-21)29-18(24)10-22-20(26)14-5-6-16-17(8-14)28-11-27-16/h2-8,12H,10-11H2,1H3,(H,22,26)(H,23,25)/t12-/m1/s1. The van der Waals surface area contributed by atoms with Crippen LogP contribution in [0.3, 0.4) is 0 Å². The highest BCUT2D eigenvalue weighted by Crippen LogP contribution is 2.32. The van der Waals surface area contributed by atoms with Gasteiger partial charge in [0.25, 0.3) is 11.8 Å². The number of hydrogen-bond donors (Lipinski definition) is 2. The zero-order valence-corrected chi connectivity index (χ0v) is 15.4. The number of nitrogens with zero attached hydrogens (tertiary/aromatic N) is 1. The molecule has 3 rings (SSSR count). The SMILES string of the molecule is C[C@@H](OC(=O)CNC(=O)c1ccc2c(c1)OCO2)C(=O)Nc1cccc(C#N)c1. The highest BCUT2D eigenvalue weighted by atomic mass is 16.7. The molecule has 0 spiro atoms. The van der Waals surface area contributed by atoms with Gasteiger partial charge >= 0.3 is 5.97 Å². The lowest BCUT2D eigenvalue weighted by Crippen LogP contribution is -2.35. The van der Waals surface area contributed by atoms with Crippen molar-refractivity contribution in [1.29, 1.82) is 5.26 Å². The number of benzene rings is 2. The number of esters is 1. The van der Waals surface area contributed by atoms with Gasteiger partial charge in [-0.2, -0.15) is 5.26 Å². The van der Waals surface area contributed by atoms with Gasteiger partial charge in [0.2, 0.25) is 6.79 Å². The number of amides is 2. The van der Waals surface area contributed by atoms with E-state index in [2.05, 4.69) is 10.6 Å². The van der Waals surface area contributed by atoms with Crippen LogP contribution in [0.5, 0.6) is 11.5 Å². The highest BCUT2D eigenvalue weighted by Gasteiger charge is 2.20. The second-order valence-corrected chi connectivity index (χ2v) is 6.06. The van der Waals surface area contributed by atoms with Crippen molar-refractivity contribution in [2.24, 2.45) is 0 Å². The van der Waals surface area contributed by atoms with Crippen LogP contribution in [-0.4, -0.2) is 37.2 Å². The van der Waals surface area contributed by atoms with Crippen LogP contribution in [0.1, 0.15) is 22.8 Å². The van der Waals surface area contributed by atoms with Gasteiger partial charge in [0, 0.05) is 11.3 Å². The van der Waals surface area contributed by atoms with Crippen LogP contribution in [0, 0.1) is 11.3 Å². The third-order valence-electron chi connectivity index (χ3n) is 3.96. The minimum absolute atomic E-state index is 0.0908. The largest absolute Gasteiger partial charge is 0.454 e. The van der Waals surface area contributed by atoms with Crippen LogP contribution in [0.25, 0.3) is 0 Å². The summed E-state index contributed by atoms with van der Waals surface area (Å²) in [6.07, 6.45) is -1.09. The number of ether oxygens (including phenoxy) is 3. The molecule has 29 heavy (non-hydrogen) atoms. The molecule has 148 valence electrons. The van der Waals surface area contributed by atoms with Crippen LogP contribution < -0.4 is 20.1 Å². The molecule has 1 aliphatic heterocycles. The van der Waals surface area contributed by atoms with Gasteiger partial charge < -0.3 is 24.8 Å². The molecule has 0 aromatic heterocycles.